The minimum Gasteiger partial charge on any atom is -0.364 e. The van der Waals surface area contributed by atoms with Crippen LogP contribution < -0.4 is 11.1 Å². The summed E-state index contributed by atoms with van der Waals surface area (Å²) in [5.41, 5.74) is 7.12. The molecule has 2 aromatic heterocycles. The largest absolute Gasteiger partial charge is 0.364 e. The smallest absolute Gasteiger partial charge is 0.275 e. The molecular weight excluding hydrogens is 320 g/mol. The van der Waals surface area contributed by atoms with Gasteiger partial charge in [0.1, 0.15) is 11.4 Å². The molecule has 2 heterocycles. The fourth-order valence-corrected chi connectivity index (χ4v) is 2.23. The Kier molecular flexibility index (Phi) is 4.34. The summed E-state index contributed by atoms with van der Waals surface area (Å²) in [6, 6.07) is 8.84. The molecule has 2 amide bonds. The third-order valence-corrected chi connectivity index (χ3v) is 3.66. The minimum atomic E-state index is -0.580. The van der Waals surface area contributed by atoms with Crippen LogP contribution in [0.1, 0.15) is 40.9 Å². The SMILES string of the molecule is CC(C)n1cnc(C(=O)Nc2ccc(-n3ccc(C(N)=O)n3)cc2)c1. The van der Waals surface area contributed by atoms with E-state index in [1.54, 1.807) is 49.1 Å². The van der Waals surface area contributed by atoms with Crippen LogP contribution in [0.2, 0.25) is 0 Å². The minimum absolute atomic E-state index is 0.193. The molecular formula is C17H18N6O2. The Balaban J connectivity index is 1.71. The summed E-state index contributed by atoms with van der Waals surface area (Å²) in [6.07, 6.45) is 4.99. The predicted molar refractivity (Wildman–Crippen MR) is 92.6 cm³/mol. The van der Waals surface area contributed by atoms with E-state index in [1.807, 2.05) is 18.4 Å². The lowest BCUT2D eigenvalue weighted by molar-refractivity contribution is 0.0992. The number of carbonyl (C=O) groups is 2. The van der Waals surface area contributed by atoms with Crippen molar-refractivity contribution in [1.82, 2.24) is 19.3 Å². The average molecular weight is 338 g/mol. The van der Waals surface area contributed by atoms with Crippen LogP contribution in [-0.2, 0) is 0 Å². The van der Waals surface area contributed by atoms with Crippen LogP contribution in [0.5, 0.6) is 0 Å². The number of nitrogens with one attached hydrogen (secondary N) is 1. The summed E-state index contributed by atoms with van der Waals surface area (Å²) in [4.78, 5) is 27.4. The summed E-state index contributed by atoms with van der Waals surface area (Å²) < 4.78 is 3.40. The molecule has 8 nitrogen and oxygen atoms in total. The highest BCUT2D eigenvalue weighted by atomic mass is 16.2. The molecule has 8 heteroatoms. The first-order chi connectivity index (χ1) is 11.9. The maximum absolute atomic E-state index is 12.2. The molecule has 0 bridgehead atoms. The number of nitrogens with two attached hydrogens (primary N) is 1. The molecule has 0 saturated heterocycles. The predicted octanol–water partition coefficient (Wildman–Crippen LogP) is 2.00. The van der Waals surface area contributed by atoms with Crippen molar-refractivity contribution in [3.63, 3.8) is 0 Å². The lowest BCUT2D eigenvalue weighted by atomic mass is 10.2. The molecule has 3 rings (SSSR count). The Hall–Kier alpha value is -3.42. The van der Waals surface area contributed by atoms with Gasteiger partial charge in [-0.2, -0.15) is 5.10 Å². The van der Waals surface area contributed by atoms with Crippen LogP contribution in [0, 0.1) is 0 Å². The van der Waals surface area contributed by atoms with Crippen LogP contribution in [-0.4, -0.2) is 31.1 Å². The standard InChI is InChI=1S/C17H18N6O2/c1-11(2)22-9-15(19-10-22)17(25)20-12-3-5-13(6-4-12)23-8-7-14(21-23)16(18)24/h3-11H,1-2H3,(H2,18,24)(H,20,25). The zero-order valence-corrected chi connectivity index (χ0v) is 13.9. The lowest BCUT2D eigenvalue weighted by Crippen LogP contribution is -2.13. The zero-order valence-electron chi connectivity index (χ0n) is 13.9. The number of primary amides is 1. The Morgan fingerprint density at radius 2 is 1.84 bits per heavy atom. The number of imidazole rings is 1. The number of anilines is 1. The van der Waals surface area contributed by atoms with Gasteiger partial charge in [0, 0.05) is 24.1 Å². The van der Waals surface area contributed by atoms with E-state index in [2.05, 4.69) is 15.4 Å². The van der Waals surface area contributed by atoms with Gasteiger partial charge in [0.2, 0.25) is 0 Å². The highest BCUT2D eigenvalue weighted by Crippen LogP contribution is 2.14. The second kappa shape index (κ2) is 6.60. The fraction of sp³-hybridized carbons (Fsp3) is 0.176. The van der Waals surface area contributed by atoms with Gasteiger partial charge in [-0.15, -0.1) is 0 Å². The summed E-state index contributed by atoms with van der Waals surface area (Å²) >= 11 is 0. The molecule has 0 aliphatic heterocycles. The maximum Gasteiger partial charge on any atom is 0.275 e. The number of benzene rings is 1. The Labute approximate surface area is 144 Å². The molecule has 1 aromatic carbocycles. The molecule has 128 valence electrons. The summed E-state index contributed by atoms with van der Waals surface area (Å²) in [5.74, 6) is -0.856. The second-order valence-electron chi connectivity index (χ2n) is 5.81. The van der Waals surface area contributed by atoms with E-state index in [4.69, 9.17) is 5.73 Å². The monoisotopic (exact) mass is 338 g/mol. The maximum atomic E-state index is 12.2. The highest BCUT2D eigenvalue weighted by molar-refractivity contribution is 6.02. The van der Waals surface area contributed by atoms with Crippen molar-refractivity contribution >= 4 is 17.5 Å². The van der Waals surface area contributed by atoms with E-state index in [0.29, 0.717) is 11.4 Å². The van der Waals surface area contributed by atoms with Crippen molar-refractivity contribution in [2.24, 2.45) is 5.73 Å². The number of rotatable bonds is 5. The van der Waals surface area contributed by atoms with E-state index in [9.17, 15) is 9.59 Å². The van der Waals surface area contributed by atoms with Crippen molar-refractivity contribution in [3.8, 4) is 5.69 Å². The van der Waals surface area contributed by atoms with E-state index in [0.717, 1.165) is 5.69 Å². The molecule has 0 unspecified atom stereocenters. The number of hydrogen-bond donors (Lipinski definition) is 2. The number of aromatic nitrogens is 4. The molecule has 0 atom stereocenters. The van der Waals surface area contributed by atoms with Crippen LogP contribution in [0.25, 0.3) is 5.69 Å². The van der Waals surface area contributed by atoms with Crippen LogP contribution in [0.15, 0.2) is 49.1 Å². The first kappa shape index (κ1) is 16.4. The van der Waals surface area contributed by atoms with Gasteiger partial charge in [0.05, 0.1) is 12.0 Å². The van der Waals surface area contributed by atoms with Gasteiger partial charge in [-0.05, 0) is 44.2 Å². The molecule has 0 saturated carbocycles. The van der Waals surface area contributed by atoms with Gasteiger partial charge in [-0.25, -0.2) is 9.67 Å². The van der Waals surface area contributed by atoms with Gasteiger partial charge in [0.15, 0.2) is 0 Å². The molecule has 0 aliphatic carbocycles. The number of carbonyl (C=O) groups excluding carboxylic acids is 2. The molecule has 0 radical (unpaired) electrons. The van der Waals surface area contributed by atoms with Crippen LogP contribution in [0.4, 0.5) is 5.69 Å². The van der Waals surface area contributed by atoms with Crippen LogP contribution in [0.3, 0.4) is 0 Å². The van der Waals surface area contributed by atoms with Crippen molar-refractivity contribution in [3.05, 3.63) is 60.4 Å². The first-order valence-corrected chi connectivity index (χ1v) is 7.75. The third-order valence-electron chi connectivity index (χ3n) is 3.66. The number of nitrogens with zero attached hydrogens (tertiary/aromatic N) is 4. The van der Waals surface area contributed by atoms with E-state index in [-0.39, 0.29) is 17.6 Å². The van der Waals surface area contributed by atoms with E-state index >= 15 is 0 Å². The van der Waals surface area contributed by atoms with Crippen molar-refractivity contribution in [2.45, 2.75) is 19.9 Å². The van der Waals surface area contributed by atoms with Gasteiger partial charge in [0.25, 0.3) is 11.8 Å². The number of hydrogen-bond acceptors (Lipinski definition) is 4. The quantitative estimate of drug-likeness (QED) is 0.741. The highest BCUT2D eigenvalue weighted by Gasteiger charge is 2.11. The molecule has 0 fully saturated rings. The first-order valence-electron chi connectivity index (χ1n) is 7.75. The van der Waals surface area contributed by atoms with Gasteiger partial charge < -0.3 is 15.6 Å². The van der Waals surface area contributed by atoms with E-state index in [1.165, 1.54) is 4.68 Å². The number of amides is 2. The fourth-order valence-electron chi connectivity index (χ4n) is 2.23. The van der Waals surface area contributed by atoms with E-state index < -0.39 is 5.91 Å². The van der Waals surface area contributed by atoms with Gasteiger partial charge >= 0.3 is 0 Å². The normalized spacial score (nSPS) is 10.8. The van der Waals surface area contributed by atoms with Gasteiger partial charge in [-0.3, -0.25) is 9.59 Å². The summed E-state index contributed by atoms with van der Waals surface area (Å²) in [7, 11) is 0. The molecule has 0 spiro atoms. The van der Waals surface area contributed by atoms with Crippen molar-refractivity contribution < 1.29 is 9.59 Å². The van der Waals surface area contributed by atoms with Crippen molar-refractivity contribution in [1.29, 1.82) is 0 Å². The second-order valence-corrected chi connectivity index (χ2v) is 5.81. The molecule has 3 N–H and O–H groups in total. The van der Waals surface area contributed by atoms with Gasteiger partial charge in [-0.1, -0.05) is 0 Å². The third kappa shape index (κ3) is 3.57. The summed E-state index contributed by atoms with van der Waals surface area (Å²) in [6.45, 7) is 4.03. The topological polar surface area (TPSA) is 108 Å². The zero-order chi connectivity index (χ0) is 18.0. The average Bonchev–Trinajstić information content (AvgIpc) is 3.25. The van der Waals surface area contributed by atoms with Crippen LogP contribution >= 0.6 is 0 Å². The van der Waals surface area contributed by atoms with Crippen molar-refractivity contribution in [2.75, 3.05) is 5.32 Å². The lowest BCUT2D eigenvalue weighted by Gasteiger charge is -2.06. The Morgan fingerprint density at radius 1 is 1.12 bits per heavy atom. The summed E-state index contributed by atoms with van der Waals surface area (Å²) in [5, 5.41) is 6.87. The molecule has 3 aromatic rings. The molecule has 25 heavy (non-hydrogen) atoms. The Bertz CT molecular complexity index is 907. The molecule has 0 aliphatic rings. The Morgan fingerprint density at radius 3 is 2.40 bits per heavy atom.